The number of hydrogen-bond acceptors (Lipinski definition) is 6. The molecule has 0 aliphatic carbocycles. The van der Waals surface area contributed by atoms with Crippen LogP contribution in [0, 0.1) is 0 Å². The lowest BCUT2D eigenvalue weighted by Crippen LogP contribution is -2.82. The number of carbonyl (C=O) groups excluding carboxylic acids is 2. The molecular formula is C23H26N2O6. The van der Waals surface area contributed by atoms with Gasteiger partial charge in [0.25, 0.3) is 11.8 Å². The van der Waals surface area contributed by atoms with Gasteiger partial charge in [0.1, 0.15) is 17.9 Å². The van der Waals surface area contributed by atoms with Gasteiger partial charge in [-0.1, -0.05) is 30.3 Å². The van der Waals surface area contributed by atoms with Crippen LogP contribution in [0.4, 0.5) is 5.69 Å². The summed E-state index contributed by atoms with van der Waals surface area (Å²) < 4.78 is 16.7. The standard InChI is InChI=1S/C23H26N2O6/c1-22(2)30-14-18(31-22)19-23(28,20(26)24-13-15-7-5-4-6-8-15)21(27)25(19)16-9-11-17(29-3)12-10-16/h4-12,18-19,28H,13-14H2,1-3H3,(H,24,26)/t18-,19+,23+/m1/s1. The Hall–Kier alpha value is -2.94. The Morgan fingerprint density at radius 3 is 2.45 bits per heavy atom. The lowest BCUT2D eigenvalue weighted by molar-refractivity contribution is -0.180. The van der Waals surface area contributed by atoms with Crippen molar-refractivity contribution >= 4 is 17.5 Å². The first kappa shape index (κ1) is 21.3. The highest BCUT2D eigenvalue weighted by molar-refractivity contribution is 6.22. The van der Waals surface area contributed by atoms with Crippen LogP contribution in [-0.4, -0.2) is 54.2 Å². The van der Waals surface area contributed by atoms with Crippen LogP contribution < -0.4 is 15.0 Å². The molecule has 8 heteroatoms. The van der Waals surface area contributed by atoms with Crippen LogP contribution in [-0.2, 0) is 25.6 Å². The molecule has 2 saturated heterocycles. The number of nitrogens with zero attached hydrogens (tertiary/aromatic N) is 1. The first-order valence-corrected chi connectivity index (χ1v) is 10.1. The van der Waals surface area contributed by atoms with E-state index in [2.05, 4.69) is 5.32 Å². The average Bonchev–Trinajstić information content (AvgIpc) is 3.14. The molecular weight excluding hydrogens is 400 g/mol. The van der Waals surface area contributed by atoms with Gasteiger partial charge in [-0.15, -0.1) is 0 Å². The van der Waals surface area contributed by atoms with Crippen molar-refractivity contribution in [3.05, 3.63) is 60.2 Å². The number of anilines is 1. The third-order valence-electron chi connectivity index (χ3n) is 5.63. The normalized spacial score (nSPS) is 27.0. The van der Waals surface area contributed by atoms with Crippen molar-refractivity contribution in [1.29, 1.82) is 0 Å². The maximum Gasteiger partial charge on any atom is 0.271 e. The van der Waals surface area contributed by atoms with Crippen LogP contribution >= 0.6 is 0 Å². The van der Waals surface area contributed by atoms with Gasteiger partial charge in [-0.05, 0) is 43.7 Å². The van der Waals surface area contributed by atoms with E-state index in [9.17, 15) is 14.7 Å². The summed E-state index contributed by atoms with van der Waals surface area (Å²) in [4.78, 5) is 27.5. The largest absolute Gasteiger partial charge is 0.497 e. The molecule has 2 fully saturated rings. The van der Waals surface area contributed by atoms with Crippen molar-refractivity contribution in [3.8, 4) is 5.75 Å². The van der Waals surface area contributed by atoms with Gasteiger partial charge in [-0.25, -0.2) is 0 Å². The fourth-order valence-corrected chi connectivity index (χ4v) is 4.03. The Morgan fingerprint density at radius 2 is 1.87 bits per heavy atom. The smallest absolute Gasteiger partial charge is 0.271 e. The molecule has 0 spiro atoms. The van der Waals surface area contributed by atoms with E-state index in [1.165, 1.54) is 4.90 Å². The molecule has 0 saturated carbocycles. The molecule has 2 heterocycles. The van der Waals surface area contributed by atoms with Crippen molar-refractivity contribution < 1.29 is 28.9 Å². The lowest BCUT2D eigenvalue weighted by Gasteiger charge is -2.53. The molecule has 0 radical (unpaired) electrons. The van der Waals surface area contributed by atoms with E-state index < -0.39 is 35.3 Å². The Morgan fingerprint density at radius 1 is 1.19 bits per heavy atom. The fourth-order valence-electron chi connectivity index (χ4n) is 4.03. The number of ether oxygens (including phenoxy) is 3. The summed E-state index contributed by atoms with van der Waals surface area (Å²) in [5, 5.41) is 14.0. The summed E-state index contributed by atoms with van der Waals surface area (Å²) in [7, 11) is 1.55. The number of aliphatic hydroxyl groups is 1. The molecule has 0 bridgehead atoms. The summed E-state index contributed by atoms with van der Waals surface area (Å²) in [6, 6.07) is 15.2. The number of hydrogen-bond donors (Lipinski definition) is 2. The maximum atomic E-state index is 13.1. The summed E-state index contributed by atoms with van der Waals surface area (Å²) in [5.74, 6) is -1.72. The highest BCUT2D eigenvalue weighted by atomic mass is 16.7. The fraction of sp³-hybridized carbons (Fsp3) is 0.391. The number of rotatable bonds is 6. The van der Waals surface area contributed by atoms with Gasteiger partial charge in [0.2, 0.25) is 5.60 Å². The number of amides is 2. The lowest BCUT2D eigenvalue weighted by atomic mass is 9.77. The zero-order chi connectivity index (χ0) is 22.2. The molecule has 2 aromatic carbocycles. The van der Waals surface area contributed by atoms with Crippen molar-refractivity contribution in [2.75, 3.05) is 18.6 Å². The third-order valence-corrected chi connectivity index (χ3v) is 5.63. The van der Waals surface area contributed by atoms with Crippen LogP contribution in [0.3, 0.4) is 0 Å². The first-order valence-electron chi connectivity index (χ1n) is 10.1. The molecule has 2 aromatic rings. The molecule has 2 aliphatic rings. The van der Waals surface area contributed by atoms with Crippen molar-refractivity contribution in [2.24, 2.45) is 0 Å². The molecule has 4 rings (SSSR count). The van der Waals surface area contributed by atoms with E-state index in [1.807, 2.05) is 30.3 Å². The van der Waals surface area contributed by atoms with Gasteiger partial charge in [-0.3, -0.25) is 14.5 Å². The molecule has 164 valence electrons. The Balaban J connectivity index is 1.60. The zero-order valence-corrected chi connectivity index (χ0v) is 17.7. The zero-order valence-electron chi connectivity index (χ0n) is 17.7. The topological polar surface area (TPSA) is 97.3 Å². The Kier molecular flexibility index (Phi) is 5.47. The van der Waals surface area contributed by atoms with Crippen molar-refractivity contribution in [1.82, 2.24) is 5.32 Å². The van der Waals surface area contributed by atoms with Gasteiger partial charge in [-0.2, -0.15) is 0 Å². The van der Waals surface area contributed by atoms with E-state index in [0.717, 1.165) is 5.56 Å². The second-order valence-corrected chi connectivity index (χ2v) is 8.12. The highest BCUT2D eigenvalue weighted by Crippen LogP contribution is 2.42. The second kappa shape index (κ2) is 7.96. The maximum absolute atomic E-state index is 13.1. The number of methoxy groups -OCH3 is 1. The Bertz CT molecular complexity index is 962. The minimum absolute atomic E-state index is 0.145. The molecule has 2 N–H and O–H groups in total. The quantitative estimate of drug-likeness (QED) is 0.538. The van der Waals surface area contributed by atoms with Crippen molar-refractivity contribution in [3.63, 3.8) is 0 Å². The van der Waals surface area contributed by atoms with E-state index in [4.69, 9.17) is 14.2 Å². The van der Waals surface area contributed by atoms with E-state index >= 15 is 0 Å². The van der Waals surface area contributed by atoms with E-state index in [1.54, 1.807) is 45.2 Å². The van der Waals surface area contributed by atoms with Crippen LogP contribution in [0.15, 0.2) is 54.6 Å². The van der Waals surface area contributed by atoms with Crippen LogP contribution in [0.1, 0.15) is 19.4 Å². The predicted octanol–water partition coefficient (Wildman–Crippen LogP) is 1.61. The number of β-lactam (4-membered cyclic amide) rings is 1. The predicted molar refractivity (Wildman–Crippen MR) is 112 cm³/mol. The molecule has 2 amide bonds. The second-order valence-electron chi connectivity index (χ2n) is 8.12. The SMILES string of the molecule is COc1ccc(N2C(=O)[C@@](O)(C(=O)NCc3ccccc3)[C@@H]2[C@H]2COC(C)(C)O2)cc1. The Labute approximate surface area is 180 Å². The highest BCUT2D eigenvalue weighted by Gasteiger charge is 2.69. The van der Waals surface area contributed by atoms with Gasteiger partial charge in [0.05, 0.1) is 13.7 Å². The number of carbonyl (C=O) groups is 2. The molecule has 2 aliphatic heterocycles. The molecule has 8 nitrogen and oxygen atoms in total. The monoisotopic (exact) mass is 426 g/mol. The van der Waals surface area contributed by atoms with Crippen LogP contribution in [0.25, 0.3) is 0 Å². The summed E-state index contributed by atoms with van der Waals surface area (Å²) in [6.07, 6.45) is -0.678. The van der Waals surface area contributed by atoms with Crippen LogP contribution in [0.5, 0.6) is 5.75 Å². The van der Waals surface area contributed by atoms with Gasteiger partial charge in [0.15, 0.2) is 5.79 Å². The van der Waals surface area contributed by atoms with Gasteiger partial charge < -0.3 is 24.6 Å². The summed E-state index contributed by atoms with van der Waals surface area (Å²) in [5.41, 5.74) is -0.871. The summed E-state index contributed by atoms with van der Waals surface area (Å²) in [6.45, 7) is 3.84. The molecule has 0 unspecified atom stereocenters. The average molecular weight is 426 g/mol. The molecule has 0 aromatic heterocycles. The number of benzene rings is 2. The number of nitrogens with one attached hydrogen (secondary N) is 1. The summed E-state index contributed by atoms with van der Waals surface area (Å²) >= 11 is 0. The van der Waals surface area contributed by atoms with Gasteiger partial charge in [0, 0.05) is 12.2 Å². The third kappa shape index (κ3) is 3.78. The van der Waals surface area contributed by atoms with Crippen LogP contribution in [0.2, 0.25) is 0 Å². The minimum Gasteiger partial charge on any atom is -0.497 e. The molecule has 31 heavy (non-hydrogen) atoms. The van der Waals surface area contributed by atoms with E-state index in [0.29, 0.717) is 11.4 Å². The molecule has 3 atom stereocenters. The van der Waals surface area contributed by atoms with Gasteiger partial charge >= 0.3 is 0 Å². The first-order chi connectivity index (χ1) is 14.8. The van der Waals surface area contributed by atoms with Crippen molar-refractivity contribution in [2.45, 2.75) is 43.9 Å². The van der Waals surface area contributed by atoms with E-state index in [-0.39, 0.29) is 13.2 Å². The minimum atomic E-state index is -2.26.